The maximum Gasteiger partial charge on any atom is 0.252 e. The van der Waals surface area contributed by atoms with Crippen LogP contribution in [0.1, 0.15) is 40.7 Å². The highest BCUT2D eigenvalue weighted by Gasteiger charge is 2.12. The SMILES string of the molecule is O=C(CCNC(=O)c1ccsc1)NCc1ccccc1-c1ccc(CN2CCCC2)cc1. The van der Waals surface area contributed by atoms with E-state index >= 15 is 0 Å². The largest absolute Gasteiger partial charge is 0.352 e. The smallest absolute Gasteiger partial charge is 0.252 e. The predicted octanol–water partition coefficient (Wildman–Crippen LogP) is 4.45. The van der Waals surface area contributed by atoms with E-state index in [-0.39, 0.29) is 18.2 Å². The Morgan fingerprint density at radius 3 is 2.47 bits per heavy atom. The summed E-state index contributed by atoms with van der Waals surface area (Å²) >= 11 is 1.48. The summed E-state index contributed by atoms with van der Waals surface area (Å²) in [6, 6.07) is 18.7. The van der Waals surface area contributed by atoms with Crippen molar-refractivity contribution in [3.63, 3.8) is 0 Å². The van der Waals surface area contributed by atoms with Crippen molar-refractivity contribution in [3.8, 4) is 11.1 Å². The fourth-order valence-corrected chi connectivity index (χ4v) is 4.65. The highest BCUT2D eigenvalue weighted by atomic mass is 32.1. The van der Waals surface area contributed by atoms with Crippen molar-refractivity contribution < 1.29 is 9.59 Å². The van der Waals surface area contributed by atoms with Crippen molar-refractivity contribution >= 4 is 23.2 Å². The van der Waals surface area contributed by atoms with Crippen molar-refractivity contribution in [1.82, 2.24) is 15.5 Å². The summed E-state index contributed by atoms with van der Waals surface area (Å²) < 4.78 is 0. The van der Waals surface area contributed by atoms with Gasteiger partial charge in [-0.25, -0.2) is 0 Å². The van der Waals surface area contributed by atoms with Crippen LogP contribution in [0.15, 0.2) is 65.4 Å². The number of benzene rings is 2. The summed E-state index contributed by atoms with van der Waals surface area (Å²) in [6.45, 7) is 4.19. The van der Waals surface area contributed by atoms with Gasteiger partial charge in [0.15, 0.2) is 0 Å². The topological polar surface area (TPSA) is 61.4 Å². The van der Waals surface area contributed by atoms with Gasteiger partial charge >= 0.3 is 0 Å². The zero-order valence-electron chi connectivity index (χ0n) is 18.2. The third-order valence-electron chi connectivity index (χ3n) is 5.78. The lowest BCUT2D eigenvalue weighted by atomic mass is 9.98. The van der Waals surface area contributed by atoms with Gasteiger partial charge in [-0.1, -0.05) is 48.5 Å². The maximum atomic E-state index is 12.3. The molecular formula is C26H29N3O2S. The molecule has 166 valence electrons. The second-order valence-electron chi connectivity index (χ2n) is 8.13. The van der Waals surface area contributed by atoms with Crippen LogP contribution in [0, 0.1) is 0 Å². The summed E-state index contributed by atoms with van der Waals surface area (Å²) in [5.74, 6) is -0.219. The molecule has 6 heteroatoms. The molecular weight excluding hydrogens is 418 g/mol. The Morgan fingerprint density at radius 2 is 1.72 bits per heavy atom. The van der Waals surface area contributed by atoms with Crippen LogP contribution >= 0.6 is 11.3 Å². The molecule has 1 fully saturated rings. The van der Waals surface area contributed by atoms with E-state index in [0.29, 0.717) is 18.7 Å². The van der Waals surface area contributed by atoms with Crippen LogP contribution in [-0.2, 0) is 17.9 Å². The van der Waals surface area contributed by atoms with Crippen LogP contribution in [-0.4, -0.2) is 36.3 Å². The number of nitrogens with zero attached hydrogens (tertiary/aromatic N) is 1. The molecule has 2 N–H and O–H groups in total. The van der Waals surface area contributed by atoms with E-state index in [9.17, 15) is 9.59 Å². The van der Waals surface area contributed by atoms with Crippen molar-refractivity contribution in [3.05, 3.63) is 82.0 Å². The van der Waals surface area contributed by atoms with Crippen LogP contribution in [0.3, 0.4) is 0 Å². The molecule has 0 atom stereocenters. The van der Waals surface area contributed by atoms with E-state index in [4.69, 9.17) is 0 Å². The van der Waals surface area contributed by atoms with Crippen molar-refractivity contribution in [2.75, 3.05) is 19.6 Å². The van der Waals surface area contributed by atoms with Crippen LogP contribution in [0.4, 0.5) is 0 Å². The molecule has 1 aromatic heterocycles. The van der Waals surface area contributed by atoms with Crippen LogP contribution in [0.5, 0.6) is 0 Å². The molecule has 0 spiro atoms. The number of amides is 2. The number of hydrogen-bond donors (Lipinski definition) is 2. The average Bonchev–Trinajstić information content (AvgIpc) is 3.53. The molecule has 32 heavy (non-hydrogen) atoms. The maximum absolute atomic E-state index is 12.3. The van der Waals surface area contributed by atoms with Gasteiger partial charge in [-0.2, -0.15) is 11.3 Å². The second kappa shape index (κ2) is 11.1. The average molecular weight is 448 g/mol. The molecule has 1 saturated heterocycles. The Hall–Kier alpha value is -2.96. The first-order valence-electron chi connectivity index (χ1n) is 11.2. The van der Waals surface area contributed by atoms with Gasteiger partial charge in [-0.05, 0) is 59.6 Å². The Kier molecular flexibility index (Phi) is 7.69. The van der Waals surface area contributed by atoms with E-state index in [0.717, 1.165) is 23.2 Å². The van der Waals surface area contributed by atoms with E-state index in [2.05, 4.69) is 45.9 Å². The number of carbonyl (C=O) groups is 2. The van der Waals surface area contributed by atoms with Crippen LogP contribution in [0.2, 0.25) is 0 Å². The summed E-state index contributed by atoms with van der Waals surface area (Å²) in [5.41, 5.74) is 5.34. The minimum absolute atomic E-state index is 0.0774. The predicted molar refractivity (Wildman–Crippen MR) is 130 cm³/mol. The van der Waals surface area contributed by atoms with E-state index in [1.54, 1.807) is 11.4 Å². The Morgan fingerprint density at radius 1 is 0.938 bits per heavy atom. The molecule has 2 amide bonds. The first-order chi connectivity index (χ1) is 15.7. The fourth-order valence-electron chi connectivity index (χ4n) is 4.01. The zero-order valence-corrected chi connectivity index (χ0v) is 19.0. The van der Waals surface area contributed by atoms with Crippen LogP contribution < -0.4 is 10.6 Å². The van der Waals surface area contributed by atoms with Gasteiger partial charge in [0.05, 0.1) is 0 Å². The summed E-state index contributed by atoms with van der Waals surface area (Å²) in [5, 5.41) is 9.43. The molecule has 1 aliphatic rings. The molecule has 2 heterocycles. The molecule has 5 nitrogen and oxygen atoms in total. The normalized spacial score (nSPS) is 13.8. The first kappa shape index (κ1) is 22.2. The highest BCUT2D eigenvalue weighted by molar-refractivity contribution is 7.08. The lowest BCUT2D eigenvalue weighted by molar-refractivity contribution is -0.121. The van der Waals surface area contributed by atoms with Crippen molar-refractivity contribution in [2.24, 2.45) is 0 Å². The summed E-state index contributed by atoms with van der Waals surface area (Å²) in [7, 11) is 0. The monoisotopic (exact) mass is 447 g/mol. The number of hydrogen-bond acceptors (Lipinski definition) is 4. The molecule has 0 aliphatic carbocycles. The van der Waals surface area contributed by atoms with E-state index in [1.165, 1.54) is 42.8 Å². The van der Waals surface area contributed by atoms with Gasteiger partial charge in [0.2, 0.25) is 5.91 Å². The highest BCUT2D eigenvalue weighted by Crippen LogP contribution is 2.25. The molecule has 1 aliphatic heterocycles. The quantitative estimate of drug-likeness (QED) is 0.510. The number of carbonyl (C=O) groups excluding carboxylic acids is 2. The Balaban J connectivity index is 1.29. The number of likely N-dealkylation sites (tertiary alicyclic amines) is 1. The standard InChI is InChI=1S/C26H29N3O2S/c30-25(11-13-27-26(31)23-12-16-32-19-23)28-17-22-5-1-2-6-24(22)21-9-7-20(8-10-21)18-29-14-3-4-15-29/h1-2,5-10,12,16,19H,3-4,11,13-15,17-18H2,(H,27,31)(H,28,30). The molecule has 0 bridgehead atoms. The molecule has 0 saturated carbocycles. The van der Waals surface area contributed by atoms with E-state index < -0.39 is 0 Å². The molecule has 0 radical (unpaired) electrons. The Labute approximate surface area is 193 Å². The Bertz CT molecular complexity index is 1030. The first-order valence-corrected chi connectivity index (χ1v) is 12.1. The molecule has 2 aromatic carbocycles. The third kappa shape index (κ3) is 6.05. The van der Waals surface area contributed by atoms with Gasteiger partial charge < -0.3 is 10.6 Å². The number of nitrogens with one attached hydrogen (secondary N) is 2. The minimum Gasteiger partial charge on any atom is -0.352 e. The number of thiophene rings is 1. The third-order valence-corrected chi connectivity index (χ3v) is 6.47. The molecule has 0 unspecified atom stereocenters. The van der Waals surface area contributed by atoms with Gasteiger partial charge in [0.1, 0.15) is 0 Å². The second-order valence-corrected chi connectivity index (χ2v) is 8.91. The van der Waals surface area contributed by atoms with Gasteiger partial charge in [-0.3, -0.25) is 14.5 Å². The van der Waals surface area contributed by atoms with Crippen molar-refractivity contribution in [2.45, 2.75) is 32.4 Å². The van der Waals surface area contributed by atoms with Crippen LogP contribution in [0.25, 0.3) is 11.1 Å². The molecule has 3 aromatic rings. The van der Waals surface area contributed by atoms with Gasteiger partial charge in [-0.15, -0.1) is 0 Å². The lowest BCUT2D eigenvalue weighted by Gasteiger charge is -2.15. The van der Waals surface area contributed by atoms with E-state index in [1.807, 2.05) is 23.6 Å². The summed E-state index contributed by atoms with van der Waals surface area (Å²) in [4.78, 5) is 26.7. The fraction of sp³-hybridized carbons (Fsp3) is 0.308. The summed E-state index contributed by atoms with van der Waals surface area (Å²) in [6.07, 6.45) is 2.86. The zero-order chi connectivity index (χ0) is 22.2. The van der Waals surface area contributed by atoms with Gasteiger partial charge in [0.25, 0.3) is 5.91 Å². The molecule has 4 rings (SSSR count). The number of rotatable bonds is 9. The van der Waals surface area contributed by atoms with Gasteiger partial charge in [0, 0.05) is 37.0 Å². The lowest BCUT2D eigenvalue weighted by Crippen LogP contribution is -2.30. The van der Waals surface area contributed by atoms with Crippen molar-refractivity contribution in [1.29, 1.82) is 0 Å². The minimum atomic E-state index is -0.141.